The molecule has 0 fully saturated rings. The lowest BCUT2D eigenvalue weighted by Crippen LogP contribution is -2.34. The van der Waals surface area contributed by atoms with Crippen LogP contribution >= 0.6 is 0 Å². The average Bonchev–Trinajstić information content (AvgIpc) is 3.39. The molecule has 0 saturated carbocycles. The molecule has 0 radical (unpaired) electrons. The summed E-state index contributed by atoms with van der Waals surface area (Å²) >= 11 is 0. The molecule has 3 aromatic carbocycles. The van der Waals surface area contributed by atoms with Gasteiger partial charge in [0.05, 0.1) is 33.4 Å². The number of fused-ring (bicyclic) bond motifs is 2. The van der Waals surface area contributed by atoms with Crippen LogP contribution in [0.2, 0.25) is 0 Å². The van der Waals surface area contributed by atoms with Gasteiger partial charge in [-0.3, -0.25) is 0 Å². The summed E-state index contributed by atoms with van der Waals surface area (Å²) in [6.45, 7) is 7.30. The van der Waals surface area contributed by atoms with Crippen molar-refractivity contribution in [2.75, 3.05) is 0 Å². The van der Waals surface area contributed by atoms with E-state index in [2.05, 4.69) is 44.7 Å². The number of hydrogen-bond donors (Lipinski definition) is 0. The predicted octanol–water partition coefficient (Wildman–Crippen LogP) is 4.06. The molecule has 180 valence electrons. The van der Waals surface area contributed by atoms with Gasteiger partial charge in [0.15, 0.2) is 11.4 Å². The second-order valence-electron chi connectivity index (χ2n) is 10.1. The van der Waals surface area contributed by atoms with Crippen LogP contribution in [0.15, 0.2) is 68.9 Å². The summed E-state index contributed by atoms with van der Waals surface area (Å²) in [7, 11) is 0. The van der Waals surface area contributed by atoms with E-state index in [-0.39, 0.29) is 11.4 Å². The largest absolute Gasteiger partial charge is 0.192 e. The van der Waals surface area contributed by atoms with Crippen LogP contribution in [-0.2, 0) is 0 Å². The maximum atomic E-state index is 10.4. The molecule has 38 heavy (non-hydrogen) atoms. The van der Waals surface area contributed by atoms with Crippen molar-refractivity contribution < 1.29 is 0 Å². The molecule has 5 rings (SSSR count). The highest BCUT2D eigenvalue weighted by molar-refractivity contribution is 6.38. The first-order chi connectivity index (χ1) is 18.2. The molecule has 8 nitrogen and oxygen atoms in total. The topological polar surface area (TPSA) is 145 Å². The van der Waals surface area contributed by atoms with E-state index in [1.54, 1.807) is 0 Å². The van der Waals surface area contributed by atoms with E-state index in [1.807, 2.05) is 76.2 Å². The second kappa shape index (κ2) is 8.59. The van der Waals surface area contributed by atoms with Gasteiger partial charge in [0.1, 0.15) is 24.3 Å². The van der Waals surface area contributed by atoms with Gasteiger partial charge in [0, 0.05) is 10.4 Å². The molecule has 0 N–H and O–H groups in total. The van der Waals surface area contributed by atoms with Crippen molar-refractivity contribution in [3.05, 3.63) is 59.0 Å². The molecular formula is C30H20N8. The Hall–Kier alpha value is -5.44. The summed E-state index contributed by atoms with van der Waals surface area (Å²) < 4.78 is 0. The van der Waals surface area contributed by atoms with E-state index in [4.69, 9.17) is 0 Å². The zero-order valence-electron chi connectivity index (χ0n) is 21.2. The fourth-order valence-electron chi connectivity index (χ4n) is 5.10. The van der Waals surface area contributed by atoms with Crippen molar-refractivity contribution >= 4 is 55.5 Å². The van der Waals surface area contributed by atoms with E-state index in [0.29, 0.717) is 33.0 Å². The monoisotopic (exact) mass is 492 g/mol. The fraction of sp³-hybridized carbons (Fsp3) is 0.200. The molecule has 2 heterocycles. The Kier molecular flexibility index (Phi) is 5.49. The smallest absolute Gasteiger partial charge is 0.151 e. The van der Waals surface area contributed by atoms with Crippen LogP contribution < -0.4 is 10.4 Å². The molecule has 0 spiro atoms. The first-order valence-electron chi connectivity index (χ1n) is 11.8. The van der Waals surface area contributed by atoms with Crippen LogP contribution in [0.3, 0.4) is 0 Å². The lowest BCUT2D eigenvalue weighted by atomic mass is 9.78. The van der Waals surface area contributed by atoms with Gasteiger partial charge in [-0.2, -0.15) is 31.3 Å². The molecule has 0 amide bonds. The van der Waals surface area contributed by atoms with Crippen LogP contribution in [0, 0.1) is 56.2 Å². The summed E-state index contributed by atoms with van der Waals surface area (Å²) in [5.74, 6) is 0. The van der Waals surface area contributed by atoms with E-state index >= 15 is 0 Å². The van der Waals surface area contributed by atoms with Crippen molar-refractivity contribution in [1.29, 1.82) is 21.0 Å². The minimum atomic E-state index is -0.849. The molecule has 2 aliphatic rings. The molecule has 0 aromatic heterocycles. The molecule has 0 bridgehead atoms. The molecular weight excluding hydrogens is 472 g/mol. The van der Waals surface area contributed by atoms with Crippen LogP contribution in [0.4, 0.5) is 0 Å². The number of rotatable bonds is 2. The van der Waals surface area contributed by atoms with Gasteiger partial charge in [-0.05, 0) is 49.2 Å². The highest BCUT2D eigenvalue weighted by atomic mass is 15.3. The van der Waals surface area contributed by atoms with Gasteiger partial charge >= 0.3 is 0 Å². The average molecular weight is 493 g/mol. The molecule has 3 aromatic rings. The van der Waals surface area contributed by atoms with E-state index < -0.39 is 10.8 Å². The Morgan fingerprint density at radius 1 is 0.553 bits per heavy atom. The maximum absolute atomic E-state index is 10.4. The highest BCUT2D eigenvalue weighted by Gasteiger charge is 2.40. The van der Waals surface area contributed by atoms with E-state index in [9.17, 15) is 21.0 Å². The third-order valence-electron chi connectivity index (χ3n) is 7.21. The normalized spacial score (nSPS) is 16.8. The Balaban J connectivity index is 2.03. The summed E-state index contributed by atoms with van der Waals surface area (Å²) in [5.41, 5.74) is 0.233. The van der Waals surface area contributed by atoms with E-state index in [1.165, 1.54) is 0 Å². The van der Waals surface area contributed by atoms with Gasteiger partial charge in [0.2, 0.25) is 0 Å². The van der Waals surface area contributed by atoms with Crippen LogP contribution in [-0.4, -0.2) is 22.8 Å². The van der Waals surface area contributed by atoms with Gasteiger partial charge in [-0.15, -0.1) is 10.2 Å². The lowest BCUT2D eigenvalue weighted by molar-refractivity contribution is 0.753. The Morgan fingerprint density at radius 2 is 0.868 bits per heavy atom. The summed E-state index contributed by atoms with van der Waals surface area (Å²) in [4.78, 5) is 0. The summed E-state index contributed by atoms with van der Waals surface area (Å²) in [6, 6.07) is 24.0. The van der Waals surface area contributed by atoms with E-state index in [0.717, 1.165) is 21.5 Å². The quantitative estimate of drug-likeness (QED) is 0.497. The third-order valence-corrected chi connectivity index (χ3v) is 7.21. The van der Waals surface area contributed by atoms with Crippen molar-refractivity contribution in [3.63, 3.8) is 0 Å². The Morgan fingerprint density at radius 3 is 1.11 bits per heavy atom. The molecule has 0 aliphatic carbocycles. The Bertz CT molecular complexity index is 1800. The van der Waals surface area contributed by atoms with Crippen LogP contribution in [0.25, 0.3) is 32.7 Å². The van der Waals surface area contributed by atoms with Crippen LogP contribution in [0.5, 0.6) is 0 Å². The number of hydrogen-bond acceptors (Lipinski definition) is 8. The number of nitrogens with zero attached hydrogens (tertiary/aromatic N) is 8. The molecule has 0 unspecified atom stereocenters. The SMILES string of the molecule is CC1(C)C(C#N)=NN=C1C(C#N)=c1c2ccccc2c(=C(C#N)C2=NN=C(C#N)C2(C)C)c2ccccc12. The van der Waals surface area contributed by atoms with Crippen molar-refractivity contribution in [1.82, 2.24) is 0 Å². The predicted molar refractivity (Wildman–Crippen MR) is 147 cm³/mol. The Labute approximate surface area is 218 Å². The number of nitriles is 4. The first kappa shape index (κ1) is 24.3. The van der Waals surface area contributed by atoms with Crippen LogP contribution in [0.1, 0.15) is 27.7 Å². The molecule has 0 saturated heterocycles. The minimum Gasteiger partial charge on any atom is -0.192 e. The summed E-state index contributed by atoms with van der Waals surface area (Å²) in [6.07, 6.45) is 0. The van der Waals surface area contributed by atoms with Gasteiger partial charge in [-0.1, -0.05) is 48.5 Å². The molecule has 8 heteroatoms. The van der Waals surface area contributed by atoms with Crippen molar-refractivity contribution in [2.24, 2.45) is 31.2 Å². The minimum absolute atomic E-state index is 0.236. The second-order valence-corrected chi connectivity index (χ2v) is 10.1. The molecule has 2 aliphatic heterocycles. The molecule has 0 atom stereocenters. The van der Waals surface area contributed by atoms with Gasteiger partial charge in [0.25, 0.3) is 0 Å². The van der Waals surface area contributed by atoms with Gasteiger partial charge in [-0.25, -0.2) is 0 Å². The zero-order chi connectivity index (χ0) is 27.2. The zero-order valence-corrected chi connectivity index (χ0v) is 21.2. The number of benzene rings is 3. The maximum Gasteiger partial charge on any atom is 0.151 e. The van der Waals surface area contributed by atoms with Crippen molar-refractivity contribution in [3.8, 4) is 24.3 Å². The standard InChI is InChI=1S/C30H20N8/c1-29(2)23(15-33)35-37-27(29)21(13-31)25-17-9-5-7-11-19(17)26(20-12-8-6-10-18(20)25)22(14-32)28-30(3,4)24(16-34)36-38-28/h5-12H,1-4H3. The lowest BCUT2D eigenvalue weighted by Gasteiger charge is -2.20. The van der Waals surface area contributed by atoms with Crippen molar-refractivity contribution in [2.45, 2.75) is 27.7 Å². The summed E-state index contributed by atoms with van der Waals surface area (Å²) in [5, 5.41) is 61.0. The third kappa shape index (κ3) is 3.26. The first-order valence-corrected chi connectivity index (χ1v) is 11.8. The van der Waals surface area contributed by atoms with Gasteiger partial charge < -0.3 is 0 Å². The highest BCUT2D eigenvalue weighted by Crippen LogP contribution is 2.32. The fourth-order valence-corrected chi connectivity index (χ4v) is 5.10.